The zero-order valence-electron chi connectivity index (χ0n) is 15.8. The number of anilines is 2. The number of hydrogen-bond acceptors (Lipinski definition) is 3. The maximum atomic E-state index is 12.9. The molecule has 1 amide bonds. The second kappa shape index (κ2) is 7.52. The topological polar surface area (TPSA) is 39.8 Å². The van der Waals surface area contributed by atoms with Crippen LogP contribution in [0.3, 0.4) is 0 Å². The van der Waals surface area contributed by atoms with Gasteiger partial charge in [0.15, 0.2) is 12.4 Å². The van der Waals surface area contributed by atoms with Crippen molar-refractivity contribution < 1.29 is 9.36 Å². The van der Waals surface area contributed by atoms with E-state index in [-0.39, 0.29) is 5.91 Å². The van der Waals surface area contributed by atoms with Crippen LogP contribution in [0.2, 0.25) is 0 Å². The van der Waals surface area contributed by atoms with E-state index in [0.29, 0.717) is 5.57 Å². The van der Waals surface area contributed by atoms with E-state index in [1.54, 1.807) is 0 Å². The lowest BCUT2D eigenvalue weighted by molar-refractivity contribution is -0.671. The summed E-state index contributed by atoms with van der Waals surface area (Å²) in [6, 6.07) is 11.9. The Morgan fingerprint density at radius 1 is 1.15 bits per heavy atom. The van der Waals surface area contributed by atoms with Gasteiger partial charge < -0.3 is 4.90 Å². The average molecular weight is 349 g/mol. The lowest BCUT2D eigenvalue weighted by atomic mass is 10.1. The van der Waals surface area contributed by atoms with Crippen LogP contribution in [0, 0.1) is 0 Å². The Morgan fingerprint density at radius 2 is 1.85 bits per heavy atom. The first-order chi connectivity index (χ1) is 12.5. The Balaban J connectivity index is 1.86. The van der Waals surface area contributed by atoms with Crippen molar-refractivity contribution in [3.63, 3.8) is 0 Å². The van der Waals surface area contributed by atoms with E-state index in [1.807, 2.05) is 73.4 Å². The summed E-state index contributed by atoms with van der Waals surface area (Å²) >= 11 is 0. The van der Waals surface area contributed by atoms with Gasteiger partial charge in [-0.25, -0.2) is 4.57 Å². The van der Waals surface area contributed by atoms with Gasteiger partial charge in [-0.2, -0.15) is 10.1 Å². The maximum Gasteiger partial charge on any atom is 0.280 e. The van der Waals surface area contributed by atoms with Gasteiger partial charge in [-0.15, -0.1) is 0 Å². The summed E-state index contributed by atoms with van der Waals surface area (Å²) < 4.78 is 1.96. The Labute approximate surface area is 154 Å². The van der Waals surface area contributed by atoms with Gasteiger partial charge in [-0.3, -0.25) is 4.79 Å². The molecule has 1 aliphatic heterocycles. The normalized spacial score (nSPS) is 15.5. The molecular formula is C21H25N4O+. The fourth-order valence-corrected chi connectivity index (χ4v) is 3.12. The third-order valence-electron chi connectivity index (χ3n) is 4.56. The fraction of sp³-hybridized carbons (Fsp3) is 0.286. The van der Waals surface area contributed by atoms with Gasteiger partial charge in [0.2, 0.25) is 0 Å². The smallest absolute Gasteiger partial charge is 0.280 e. The molecule has 1 aromatic heterocycles. The van der Waals surface area contributed by atoms with E-state index in [4.69, 9.17) is 0 Å². The molecule has 0 saturated heterocycles. The Hall–Kier alpha value is -2.95. The number of aryl methyl sites for hydroxylation is 1. The largest absolute Gasteiger partial charge is 0.372 e. The molecule has 0 saturated carbocycles. The highest BCUT2D eigenvalue weighted by Gasteiger charge is 2.28. The molecule has 0 radical (unpaired) electrons. The molecule has 0 fully saturated rings. The molecule has 1 aromatic carbocycles. The van der Waals surface area contributed by atoms with Gasteiger partial charge in [0, 0.05) is 30.4 Å². The molecule has 5 nitrogen and oxygen atoms in total. The van der Waals surface area contributed by atoms with Gasteiger partial charge in [-0.05, 0) is 57.2 Å². The Kier molecular flexibility index (Phi) is 5.16. The predicted octanol–water partition coefficient (Wildman–Crippen LogP) is 3.16. The number of carbonyl (C=O) groups excluding carboxylic acids is 1. The van der Waals surface area contributed by atoms with Gasteiger partial charge >= 0.3 is 0 Å². The van der Waals surface area contributed by atoms with Crippen molar-refractivity contribution in [2.24, 2.45) is 12.1 Å². The number of hydrazone groups is 1. The first-order valence-electron chi connectivity index (χ1n) is 8.95. The van der Waals surface area contributed by atoms with Crippen molar-refractivity contribution in [2.45, 2.75) is 20.8 Å². The summed E-state index contributed by atoms with van der Waals surface area (Å²) in [5.74, 6) is -0.0930. The molecule has 26 heavy (non-hydrogen) atoms. The van der Waals surface area contributed by atoms with Crippen LogP contribution < -0.4 is 14.5 Å². The van der Waals surface area contributed by atoms with Gasteiger partial charge in [0.1, 0.15) is 7.05 Å². The highest BCUT2D eigenvalue weighted by Crippen LogP contribution is 2.27. The fourth-order valence-electron chi connectivity index (χ4n) is 3.12. The van der Waals surface area contributed by atoms with Crippen LogP contribution in [0.1, 0.15) is 26.3 Å². The van der Waals surface area contributed by atoms with Crippen molar-refractivity contribution >= 4 is 29.1 Å². The summed E-state index contributed by atoms with van der Waals surface area (Å²) in [4.78, 5) is 15.1. The van der Waals surface area contributed by atoms with Gasteiger partial charge in [0.25, 0.3) is 5.91 Å². The molecule has 2 aromatic rings. The van der Waals surface area contributed by atoms with E-state index in [2.05, 4.69) is 23.8 Å². The van der Waals surface area contributed by atoms with Crippen LogP contribution >= 0.6 is 0 Å². The van der Waals surface area contributed by atoms with Crippen molar-refractivity contribution in [3.05, 3.63) is 59.9 Å². The molecule has 2 heterocycles. The third kappa shape index (κ3) is 3.52. The molecule has 134 valence electrons. The second-order valence-electron chi connectivity index (χ2n) is 6.35. The Bertz CT molecular complexity index is 864. The van der Waals surface area contributed by atoms with Crippen molar-refractivity contribution in [3.8, 4) is 0 Å². The minimum absolute atomic E-state index is 0.0930. The molecule has 1 aliphatic rings. The highest BCUT2D eigenvalue weighted by atomic mass is 16.2. The Morgan fingerprint density at radius 3 is 2.46 bits per heavy atom. The standard InChI is InChI=1S/C21H25N4O/c1-5-24(6-2)18-9-11-19(12-10-18)25-21(26)20(16(3)22-25)14-17-8-7-13-23(4)15-17/h7-15H,5-6H2,1-4H3/q+1. The molecule has 0 unspecified atom stereocenters. The molecular weight excluding hydrogens is 324 g/mol. The van der Waals surface area contributed by atoms with E-state index < -0.39 is 0 Å². The summed E-state index contributed by atoms with van der Waals surface area (Å²) in [7, 11) is 1.96. The summed E-state index contributed by atoms with van der Waals surface area (Å²) in [5.41, 5.74) is 4.27. The molecule has 0 spiro atoms. The van der Waals surface area contributed by atoms with Crippen molar-refractivity contribution in [1.82, 2.24) is 0 Å². The zero-order valence-corrected chi connectivity index (χ0v) is 15.8. The summed E-state index contributed by atoms with van der Waals surface area (Å²) in [6.07, 6.45) is 5.84. The zero-order chi connectivity index (χ0) is 18.7. The number of aromatic nitrogens is 1. The van der Waals surface area contributed by atoms with Gasteiger partial charge in [0.05, 0.1) is 17.0 Å². The molecule has 0 bridgehead atoms. The van der Waals surface area contributed by atoms with Gasteiger partial charge in [-0.1, -0.05) is 0 Å². The molecule has 0 aliphatic carbocycles. The highest BCUT2D eigenvalue weighted by molar-refractivity contribution is 6.32. The number of pyridine rings is 1. The van der Waals surface area contributed by atoms with Crippen LogP contribution in [-0.2, 0) is 11.8 Å². The number of benzene rings is 1. The third-order valence-corrected chi connectivity index (χ3v) is 4.56. The number of rotatable bonds is 5. The van der Waals surface area contributed by atoms with Crippen LogP contribution in [0.15, 0.2) is 59.5 Å². The molecule has 0 N–H and O–H groups in total. The second-order valence-corrected chi connectivity index (χ2v) is 6.35. The predicted molar refractivity (Wildman–Crippen MR) is 106 cm³/mol. The number of nitrogens with zero attached hydrogens (tertiary/aromatic N) is 4. The van der Waals surface area contributed by atoms with E-state index in [0.717, 1.165) is 35.7 Å². The number of hydrogen-bond donors (Lipinski definition) is 0. The number of amides is 1. The average Bonchev–Trinajstić information content (AvgIpc) is 2.92. The van der Waals surface area contributed by atoms with Crippen molar-refractivity contribution in [2.75, 3.05) is 23.0 Å². The monoisotopic (exact) mass is 349 g/mol. The first kappa shape index (κ1) is 17.9. The van der Waals surface area contributed by atoms with Crippen LogP contribution in [0.4, 0.5) is 11.4 Å². The summed E-state index contributed by atoms with van der Waals surface area (Å²) in [6.45, 7) is 8.05. The number of carbonyl (C=O) groups is 1. The van der Waals surface area contributed by atoms with Crippen LogP contribution in [0.5, 0.6) is 0 Å². The van der Waals surface area contributed by atoms with Crippen LogP contribution in [0.25, 0.3) is 6.08 Å². The van der Waals surface area contributed by atoms with Crippen LogP contribution in [-0.4, -0.2) is 24.7 Å². The SMILES string of the molecule is CCN(CC)c1ccc(N2N=C(C)C(=Cc3ccc[n+](C)c3)C2=O)cc1. The maximum absolute atomic E-state index is 12.9. The lowest BCUT2D eigenvalue weighted by Gasteiger charge is -2.21. The molecule has 5 heteroatoms. The van der Waals surface area contributed by atoms with E-state index in [9.17, 15) is 4.79 Å². The van der Waals surface area contributed by atoms with Crippen molar-refractivity contribution in [1.29, 1.82) is 0 Å². The minimum Gasteiger partial charge on any atom is -0.372 e. The molecule has 0 atom stereocenters. The minimum atomic E-state index is -0.0930. The lowest BCUT2D eigenvalue weighted by Crippen LogP contribution is -2.26. The van der Waals surface area contributed by atoms with E-state index >= 15 is 0 Å². The quantitative estimate of drug-likeness (QED) is 0.614. The van der Waals surface area contributed by atoms with E-state index in [1.165, 1.54) is 5.01 Å². The summed E-state index contributed by atoms with van der Waals surface area (Å²) in [5, 5.41) is 5.95. The molecule has 3 rings (SSSR count). The first-order valence-corrected chi connectivity index (χ1v) is 8.95.